The molecule has 0 spiro atoms. The van der Waals surface area contributed by atoms with Gasteiger partial charge in [-0.2, -0.15) is 0 Å². The van der Waals surface area contributed by atoms with Crippen molar-refractivity contribution < 1.29 is 0 Å². The van der Waals surface area contributed by atoms with Crippen LogP contribution >= 0.6 is 0 Å². The molecular formula is C24H32. The SMILES string of the molecule is CC(C)c1ccc(C2(C)CC(C)(C)c3ccc(C(C)C)cc32)cc1. The molecule has 0 nitrogen and oxygen atoms in total. The molecule has 3 rings (SSSR count). The molecular weight excluding hydrogens is 288 g/mol. The predicted molar refractivity (Wildman–Crippen MR) is 105 cm³/mol. The van der Waals surface area contributed by atoms with Gasteiger partial charge in [0.25, 0.3) is 0 Å². The van der Waals surface area contributed by atoms with Crippen molar-refractivity contribution >= 4 is 0 Å². The third-order valence-corrected chi connectivity index (χ3v) is 6.04. The van der Waals surface area contributed by atoms with Crippen molar-refractivity contribution in [2.45, 2.75) is 77.6 Å². The Morgan fingerprint density at radius 2 is 1.25 bits per heavy atom. The third-order valence-electron chi connectivity index (χ3n) is 6.04. The molecule has 2 aromatic carbocycles. The minimum absolute atomic E-state index is 0.110. The maximum Gasteiger partial charge on any atom is 0.0186 e. The van der Waals surface area contributed by atoms with Gasteiger partial charge in [0.1, 0.15) is 0 Å². The average Bonchev–Trinajstić information content (AvgIpc) is 2.74. The molecule has 0 heteroatoms. The van der Waals surface area contributed by atoms with E-state index in [9.17, 15) is 0 Å². The number of hydrogen-bond donors (Lipinski definition) is 0. The first-order valence-electron chi connectivity index (χ1n) is 9.40. The molecule has 24 heavy (non-hydrogen) atoms. The van der Waals surface area contributed by atoms with E-state index in [4.69, 9.17) is 0 Å². The lowest BCUT2D eigenvalue weighted by atomic mass is 9.74. The Labute approximate surface area is 148 Å². The third kappa shape index (κ3) is 2.70. The normalized spacial score (nSPS) is 22.2. The molecule has 1 aliphatic carbocycles. The first-order valence-corrected chi connectivity index (χ1v) is 9.40. The number of rotatable bonds is 3. The van der Waals surface area contributed by atoms with Crippen LogP contribution in [0.2, 0.25) is 0 Å². The molecule has 0 amide bonds. The summed E-state index contributed by atoms with van der Waals surface area (Å²) in [6, 6.07) is 16.6. The lowest BCUT2D eigenvalue weighted by molar-refractivity contribution is 0.425. The highest BCUT2D eigenvalue weighted by molar-refractivity contribution is 5.53. The first kappa shape index (κ1) is 17.3. The maximum atomic E-state index is 2.48. The van der Waals surface area contributed by atoms with Gasteiger partial charge in [0.05, 0.1) is 0 Å². The molecule has 1 atom stereocenters. The van der Waals surface area contributed by atoms with Gasteiger partial charge < -0.3 is 0 Å². The minimum Gasteiger partial charge on any atom is -0.0587 e. The number of benzene rings is 2. The lowest BCUT2D eigenvalue weighted by Gasteiger charge is -2.29. The van der Waals surface area contributed by atoms with Crippen molar-refractivity contribution in [2.24, 2.45) is 0 Å². The summed E-state index contributed by atoms with van der Waals surface area (Å²) in [6.45, 7) is 16.3. The molecule has 0 aliphatic heterocycles. The van der Waals surface area contributed by atoms with Crippen LogP contribution < -0.4 is 0 Å². The Hall–Kier alpha value is -1.56. The van der Waals surface area contributed by atoms with Crippen molar-refractivity contribution in [3.8, 4) is 0 Å². The topological polar surface area (TPSA) is 0 Å². The van der Waals surface area contributed by atoms with Gasteiger partial charge in [-0.05, 0) is 51.5 Å². The summed E-state index contributed by atoms with van der Waals surface area (Å²) in [6.07, 6.45) is 1.18. The highest BCUT2D eigenvalue weighted by Crippen LogP contribution is 2.53. The Bertz CT molecular complexity index is 731. The Morgan fingerprint density at radius 3 is 1.79 bits per heavy atom. The highest BCUT2D eigenvalue weighted by atomic mass is 14.5. The van der Waals surface area contributed by atoms with Crippen LogP contribution in [0.15, 0.2) is 42.5 Å². The van der Waals surface area contributed by atoms with E-state index in [0.29, 0.717) is 11.8 Å². The Morgan fingerprint density at radius 1 is 0.708 bits per heavy atom. The highest BCUT2D eigenvalue weighted by Gasteiger charge is 2.45. The average molecular weight is 321 g/mol. The van der Waals surface area contributed by atoms with E-state index in [-0.39, 0.29) is 10.8 Å². The van der Waals surface area contributed by atoms with Gasteiger partial charge in [-0.15, -0.1) is 0 Å². The van der Waals surface area contributed by atoms with Crippen LogP contribution in [-0.2, 0) is 10.8 Å². The lowest BCUT2D eigenvalue weighted by Crippen LogP contribution is -2.23. The first-order chi connectivity index (χ1) is 11.1. The van der Waals surface area contributed by atoms with Crippen molar-refractivity contribution in [3.05, 3.63) is 70.3 Å². The second-order valence-electron chi connectivity index (χ2n) is 9.13. The van der Waals surface area contributed by atoms with E-state index in [0.717, 1.165) is 0 Å². The van der Waals surface area contributed by atoms with E-state index in [1.165, 1.54) is 34.2 Å². The summed E-state index contributed by atoms with van der Waals surface area (Å²) in [7, 11) is 0. The summed E-state index contributed by atoms with van der Waals surface area (Å²) in [4.78, 5) is 0. The van der Waals surface area contributed by atoms with Crippen LogP contribution in [0.5, 0.6) is 0 Å². The molecule has 0 aromatic heterocycles. The smallest absolute Gasteiger partial charge is 0.0186 e. The van der Waals surface area contributed by atoms with Crippen LogP contribution in [-0.4, -0.2) is 0 Å². The molecule has 0 N–H and O–H groups in total. The molecule has 0 saturated carbocycles. The van der Waals surface area contributed by atoms with Crippen LogP contribution in [0.3, 0.4) is 0 Å². The summed E-state index contributed by atoms with van der Waals surface area (Å²) in [5.41, 5.74) is 7.75. The summed E-state index contributed by atoms with van der Waals surface area (Å²) in [5.74, 6) is 1.17. The van der Waals surface area contributed by atoms with Crippen LogP contribution in [0, 0.1) is 0 Å². The maximum absolute atomic E-state index is 2.48. The second kappa shape index (κ2) is 5.76. The van der Waals surface area contributed by atoms with E-state index in [1.54, 1.807) is 0 Å². The summed E-state index contributed by atoms with van der Waals surface area (Å²) >= 11 is 0. The molecule has 0 fully saturated rings. The minimum atomic E-state index is 0.110. The molecule has 0 radical (unpaired) electrons. The molecule has 0 bridgehead atoms. The van der Waals surface area contributed by atoms with Gasteiger partial charge in [0.15, 0.2) is 0 Å². The molecule has 0 saturated heterocycles. The fourth-order valence-corrected chi connectivity index (χ4v) is 4.54. The van der Waals surface area contributed by atoms with Gasteiger partial charge in [-0.3, -0.25) is 0 Å². The van der Waals surface area contributed by atoms with Crippen LogP contribution in [0.4, 0.5) is 0 Å². The van der Waals surface area contributed by atoms with Crippen molar-refractivity contribution in [1.29, 1.82) is 0 Å². The molecule has 1 unspecified atom stereocenters. The van der Waals surface area contributed by atoms with E-state index in [1.807, 2.05) is 0 Å². The summed E-state index contributed by atoms with van der Waals surface area (Å²) < 4.78 is 0. The fraction of sp³-hybridized carbons (Fsp3) is 0.500. The van der Waals surface area contributed by atoms with Gasteiger partial charge in [0.2, 0.25) is 0 Å². The quantitative estimate of drug-likeness (QED) is 0.575. The van der Waals surface area contributed by atoms with Gasteiger partial charge >= 0.3 is 0 Å². The van der Waals surface area contributed by atoms with Crippen molar-refractivity contribution in [3.63, 3.8) is 0 Å². The van der Waals surface area contributed by atoms with Crippen LogP contribution in [0.25, 0.3) is 0 Å². The van der Waals surface area contributed by atoms with Crippen molar-refractivity contribution in [1.82, 2.24) is 0 Å². The molecule has 0 heterocycles. The zero-order chi connectivity index (χ0) is 17.7. The summed E-state index contributed by atoms with van der Waals surface area (Å²) in [5, 5.41) is 0. The van der Waals surface area contributed by atoms with Crippen molar-refractivity contribution in [2.75, 3.05) is 0 Å². The standard InChI is InChI=1S/C24H32/c1-16(2)18-8-11-20(12-9-18)24(7)15-23(5,6)21-13-10-19(17(3)4)14-22(21)24/h8-14,16-17H,15H2,1-7H3. The fourth-order valence-electron chi connectivity index (χ4n) is 4.54. The van der Waals surface area contributed by atoms with E-state index in [2.05, 4.69) is 90.9 Å². The number of fused-ring (bicyclic) bond motifs is 1. The molecule has 1 aliphatic rings. The Balaban J connectivity index is 2.13. The van der Waals surface area contributed by atoms with Gasteiger partial charge in [0, 0.05) is 5.41 Å². The second-order valence-corrected chi connectivity index (χ2v) is 9.13. The van der Waals surface area contributed by atoms with Gasteiger partial charge in [-0.25, -0.2) is 0 Å². The van der Waals surface area contributed by atoms with Crippen LogP contribution in [0.1, 0.15) is 94.5 Å². The Kier molecular flexibility index (Phi) is 4.14. The predicted octanol–water partition coefficient (Wildman–Crippen LogP) is 6.92. The zero-order valence-corrected chi connectivity index (χ0v) is 16.4. The number of hydrogen-bond acceptors (Lipinski definition) is 0. The molecule has 2 aromatic rings. The van der Waals surface area contributed by atoms with E-state index < -0.39 is 0 Å². The molecule has 128 valence electrons. The van der Waals surface area contributed by atoms with E-state index >= 15 is 0 Å². The monoisotopic (exact) mass is 320 g/mol. The zero-order valence-electron chi connectivity index (χ0n) is 16.4. The van der Waals surface area contributed by atoms with Gasteiger partial charge in [-0.1, -0.05) is 90.9 Å². The largest absolute Gasteiger partial charge is 0.0587 e.